The summed E-state index contributed by atoms with van der Waals surface area (Å²) in [6, 6.07) is 8.08. The molecule has 0 radical (unpaired) electrons. The van der Waals surface area contributed by atoms with Gasteiger partial charge in [0.1, 0.15) is 6.10 Å². The first-order valence-corrected chi connectivity index (χ1v) is 6.41. The van der Waals surface area contributed by atoms with Crippen molar-refractivity contribution < 1.29 is 9.47 Å². The van der Waals surface area contributed by atoms with E-state index in [1.165, 1.54) is 0 Å². The van der Waals surface area contributed by atoms with Crippen molar-refractivity contribution in [3.63, 3.8) is 0 Å². The molecule has 0 spiro atoms. The highest BCUT2D eigenvalue weighted by atomic mass is 79.9. The summed E-state index contributed by atoms with van der Waals surface area (Å²) in [5, 5.41) is 2.16. The van der Waals surface area contributed by atoms with Crippen LogP contribution in [-0.2, 0) is 4.74 Å². The molecule has 1 atom stereocenters. The molecule has 1 aromatic heterocycles. The molecule has 0 saturated carbocycles. The van der Waals surface area contributed by atoms with Crippen LogP contribution in [0.15, 0.2) is 34.9 Å². The zero-order valence-corrected chi connectivity index (χ0v) is 10.8. The van der Waals surface area contributed by atoms with Crippen LogP contribution in [0, 0.1) is 0 Å². The molecule has 1 saturated heterocycles. The molecular formula is C13H12BrNO2. The number of aromatic nitrogens is 1. The van der Waals surface area contributed by atoms with Gasteiger partial charge in [0.05, 0.1) is 13.2 Å². The Bertz CT molecular complexity index is 538. The molecule has 1 aromatic carbocycles. The lowest BCUT2D eigenvalue weighted by Gasteiger charge is -2.13. The molecular weight excluding hydrogens is 282 g/mol. The summed E-state index contributed by atoms with van der Waals surface area (Å²) in [4.78, 5) is 4.35. The van der Waals surface area contributed by atoms with Gasteiger partial charge in [0.2, 0.25) is 5.88 Å². The van der Waals surface area contributed by atoms with Crippen LogP contribution in [0.5, 0.6) is 5.88 Å². The molecule has 0 bridgehead atoms. The van der Waals surface area contributed by atoms with Gasteiger partial charge in [-0.3, -0.25) is 0 Å². The highest BCUT2D eigenvalue weighted by Gasteiger charge is 2.19. The molecule has 88 valence electrons. The minimum absolute atomic E-state index is 0.132. The maximum atomic E-state index is 5.89. The number of ether oxygens (including phenoxy) is 2. The van der Waals surface area contributed by atoms with Crippen LogP contribution in [-0.4, -0.2) is 24.3 Å². The van der Waals surface area contributed by atoms with Crippen molar-refractivity contribution in [3.05, 3.63) is 34.9 Å². The van der Waals surface area contributed by atoms with Gasteiger partial charge >= 0.3 is 0 Å². The van der Waals surface area contributed by atoms with E-state index in [2.05, 4.69) is 27.0 Å². The van der Waals surface area contributed by atoms with Crippen LogP contribution in [0.3, 0.4) is 0 Å². The molecule has 0 N–H and O–H groups in total. The summed E-state index contributed by atoms with van der Waals surface area (Å²) in [5.41, 5.74) is 0. The second kappa shape index (κ2) is 4.63. The second-order valence-electron chi connectivity index (χ2n) is 4.06. The van der Waals surface area contributed by atoms with Gasteiger partial charge in [-0.2, -0.15) is 0 Å². The lowest BCUT2D eigenvalue weighted by atomic mass is 10.2. The number of rotatable bonds is 2. The molecule has 1 unspecified atom stereocenters. The van der Waals surface area contributed by atoms with E-state index < -0.39 is 0 Å². The Labute approximate surface area is 108 Å². The number of pyridine rings is 1. The smallest absolute Gasteiger partial charge is 0.221 e. The molecule has 0 aliphatic carbocycles. The quantitative estimate of drug-likeness (QED) is 0.852. The van der Waals surface area contributed by atoms with E-state index in [1.807, 2.05) is 18.2 Å². The Kier molecular flexibility index (Phi) is 2.99. The maximum Gasteiger partial charge on any atom is 0.221 e. The lowest BCUT2D eigenvalue weighted by molar-refractivity contribution is 0.139. The number of benzene rings is 1. The van der Waals surface area contributed by atoms with E-state index in [-0.39, 0.29) is 6.10 Å². The van der Waals surface area contributed by atoms with E-state index >= 15 is 0 Å². The first-order valence-electron chi connectivity index (χ1n) is 5.62. The third kappa shape index (κ3) is 2.15. The lowest BCUT2D eigenvalue weighted by Crippen LogP contribution is -2.16. The van der Waals surface area contributed by atoms with E-state index in [1.54, 1.807) is 6.20 Å². The summed E-state index contributed by atoms with van der Waals surface area (Å²) < 4.78 is 12.2. The van der Waals surface area contributed by atoms with Crippen LogP contribution < -0.4 is 4.74 Å². The fourth-order valence-corrected chi connectivity index (χ4v) is 2.44. The van der Waals surface area contributed by atoms with Gasteiger partial charge in [-0.05, 0) is 22.0 Å². The van der Waals surface area contributed by atoms with Crippen LogP contribution in [0.1, 0.15) is 6.42 Å². The third-order valence-electron chi connectivity index (χ3n) is 2.88. The standard InChI is InChI=1S/C13H12BrNO2/c14-12-7-15-13(17-9-5-6-16-8-9)11-4-2-1-3-10(11)12/h1-4,7,9H,5-6,8H2. The monoisotopic (exact) mass is 293 g/mol. The molecule has 2 aromatic rings. The first kappa shape index (κ1) is 11.0. The van der Waals surface area contributed by atoms with Crippen molar-refractivity contribution >= 4 is 26.7 Å². The largest absolute Gasteiger partial charge is 0.471 e. The maximum absolute atomic E-state index is 5.89. The van der Waals surface area contributed by atoms with Gasteiger partial charge in [-0.25, -0.2) is 4.98 Å². The molecule has 1 fully saturated rings. The van der Waals surface area contributed by atoms with Crippen LogP contribution >= 0.6 is 15.9 Å². The van der Waals surface area contributed by atoms with E-state index in [4.69, 9.17) is 9.47 Å². The number of nitrogens with zero attached hydrogens (tertiary/aromatic N) is 1. The molecule has 1 aliphatic heterocycles. The predicted molar refractivity (Wildman–Crippen MR) is 69.3 cm³/mol. The van der Waals surface area contributed by atoms with Gasteiger partial charge in [0.25, 0.3) is 0 Å². The van der Waals surface area contributed by atoms with Gasteiger partial charge in [-0.15, -0.1) is 0 Å². The van der Waals surface area contributed by atoms with E-state index in [9.17, 15) is 0 Å². The van der Waals surface area contributed by atoms with Crippen molar-refractivity contribution in [1.82, 2.24) is 4.98 Å². The number of halogens is 1. The minimum atomic E-state index is 0.132. The highest BCUT2D eigenvalue weighted by Crippen LogP contribution is 2.30. The zero-order valence-electron chi connectivity index (χ0n) is 9.23. The Morgan fingerprint density at radius 3 is 2.88 bits per heavy atom. The second-order valence-corrected chi connectivity index (χ2v) is 4.91. The molecule has 2 heterocycles. The van der Waals surface area contributed by atoms with Crippen LogP contribution in [0.25, 0.3) is 10.8 Å². The fourth-order valence-electron chi connectivity index (χ4n) is 1.99. The van der Waals surface area contributed by atoms with Crippen molar-refractivity contribution in [1.29, 1.82) is 0 Å². The van der Waals surface area contributed by atoms with Crippen molar-refractivity contribution in [2.45, 2.75) is 12.5 Å². The fraction of sp³-hybridized carbons (Fsp3) is 0.308. The molecule has 0 amide bonds. The number of fused-ring (bicyclic) bond motifs is 1. The Balaban J connectivity index is 2.01. The van der Waals surface area contributed by atoms with Crippen LogP contribution in [0.4, 0.5) is 0 Å². The average molecular weight is 294 g/mol. The normalized spacial score (nSPS) is 19.7. The minimum Gasteiger partial charge on any atom is -0.471 e. The molecule has 3 rings (SSSR count). The summed E-state index contributed by atoms with van der Waals surface area (Å²) in [5.74, 6) is 0.694. The first-order chi connectivity index (χ1) is 8.34. The molecule has 17 heavy (non-hydrogen) atoms. The van der Waals surface area contributed by atoms with Gasteiger partial charge in [0.15, 0.2) is 0 Å². The summed E-state index contributed by atoms with van der Waals surface area (Å²) in [7, 11) is 0. The predicted octanol–water partition coefficient (Wildman–Crippen LogP) is 3.17. The van der Waals surface area contributed by atoms with Gasteiger partial charge < -0.3 is 9.47 Å². The average Bonchev–Trinajstić information content (AvgIpc) is 2.86. The third-order valence-corrected chi connectivity index (χ3v) is 3.51. The van der Waals surface area contributed by atoms with Gasteiger partial charge in [0, 0.05) is 27.9 Å². The van der Waals surface area contributed by atoms with Crippen LogP contribution in [0.2, 0.25) is 0 Å². The van der Waals surface area contributed by atoms with Gasteiger partial charge in [-0.1, -0.05) is 18.2 Å². The van der Waals surface area contributed by atoms with Crippen molar-refractivity contribution in [2.75, 3.05) is 13.2 Å². The summed E-state index contributed by atoms with van der Waals surface area (Å²) in [6.45, 7) is 1.44. The number of hydrogen-bond donors (Lipinski definition) is 0. The van der Waals surface area contributed by atoms with E-state index in [0.29, 0.717) is 12.5 Å². The number of hydrogen-bond acceptors (Lipinski definition) is 3. The van der Waals surface area contributed by atoms with E-state index in [0.717, 1.165) is 28.3 Å². The Hall–Kier alpha value is -1.13. The summed E-state index contributed by atoms with van der Waals surface area (Å²) in [6.07, 6.45) is 2.85. The summed E-state index contributed by atoms with van der Waals surface area (Å²) >= 11 is 3.50. The Morgan fingerprint density at radius 2 is 2.12 bits per heavy atom. The zero-order chi connectivity index (χ0) is 11.7. The highest BCUT2D eigenvalue weighted by molar-refractivity contribution is 9.10. The topological polar surface area (TPSA) is 31.4 Å². The molecule has 4 heteroatoms. The molecule has 3 nitrogen and oxygen atoms in total. The Morgan fingerprint density at radius 1 is 1.29 bits per heavy atom. The molecule has 1 aliphatic rings. The SMILES string of the molecule is Brc1cnc(OC2CCOC2)c2ccccc12. The van der Waals surface area contributed by atoms with Crippen molar-refractivity contribution in [3.8, 4) is 5.88 Å². The van der Waals surface area contributed by atoms with Crippen molar-refractivity contribution in [2.24, 2.45) is 0 Å².